The number of ether oxygens (including phenoxy) is 2. The third kappa shape index (κ3) is 3.25. The van der Waals surface area contributed by atoms with Crippen molar-refractivity contribution in [1.82, 2.24) is 0 Å². The van der Waals surface area contributed by atoms with Crippen molar-refractivity contribution >= 4 is 11.9 Å². The van der Waals surface area contributed by atoms with E-state index in [1.807, 2.05) is 0 Å². The van der Waals surface area contributed by atoms with Crippen molar-refractivity contribution in [2.75, 3.05) is 0 Å². The van der Waals surface area contributed by atoms with Crippen LogP contribution >= 0.6 is 0 Å². The zero-order chi connectivity index (χ0) is 14.0. The number of rotatable bonds is 4. The molecule has 104 valence electrons. The lowest BCUT2D eigenvalue weighted by Crippen LogP contribution is -2.24. The molecular weight excluding hydrogens is 244 g/mol. The Kier molecular flexibility index (Phi) is 4.08. The Balaban J connectivity index is 1.84. The van der Waals surface area contributed by atoms with Gasteiger partial charge in [-0.2, -0.15) is 0 Å². The third-order valence-electron chi connectivity index (χ3n) is 3.94. The summed E-state index contributed by atoms with van der Waals surface area (Å²) in [6.07, 6.45) is 5.79. The molecule has 0 aromatic rings. The lowest BCUT2D eigenvalue weighted by Gasteiger charge is -2.21. The quantitative estimate of drug-likeness (QED) is 0.445. The highest BCUT2D eigenvalue weighted by molar-refractivity contribution is 5.90. The summed E-state index contributed by atoms with van der Waals surface area (Å²) in [7, 11) is 0. The molecule has 2 aliphatic rings. The molecular formula is C15H20O4. The number of fused-ring (bicyclic) bond motifs is 2. The summed E-state index contributed by atoms with van der Waals surface area (Å²) >= 11 is 0. The Bertz CT molecular complexity index is 435. The molecule has 0 aliphatic heterocycles. The van der Waals surface area contributed by atoms with Gasteiger partial charge in [0.2, 0.25) is 0 Å². The Morgan fingerprint density at radius 3 is 2.42 bits per heavy atom. The van der Waals surface area contributed by atoms with E-state index in [0.29, 0.717) is 17.1 Å². The van der Waals surface area contributed by atoms with Crippen molar-refractivity contribution in [2.45, 2.75) is 45.6 Å². The minimum atomic E-state index is -0.535. The SMILES string of the molecule is C=C(C)C(=O)OC=C(C)C(=O)OC1CC2CCC1C2. The van der Waals surface area contributed by atoms with E-state index >= 15 is 0 Å². The zero-order valence-corrected chi connectivity index (χ0v) is 11.5. The first-order valence-corrected chi connectivity index (χ1v) is 6.71. The van der Waals surface area contributed by atoms with Gasteiger partial charge in [-0.3, -0.25) is 0 Å². The Morgan fingerprint density at radius 1 is 1.16 bits per heavy atom. The summed E-state index contributed by atoms with van der Waals surface area (Å²) in [5.41, 5.74) is 0.600. The largest absolute Gasteiger partial charge is 0.459 e. The summed E-state index contributed by atoms with van der Waals surface area (Å²) in [5, 5.41) is 0. The molecule has 19 heavy (non-hydrogen) atoms. The molecule has 0 aromatic carbocycles. The number of carbonyl (C=O) groups is 2. The van der Waals surface area contributed by atoms with Crippen LogP contribution in [0.2, 0.25) is 0 Å². The number of hydrogen-bond donors (Lipinski definition) is 0. The average molecular weight is 264 g/mol. The van der Waals surface area contributed by atoms with Crippen molar-refractivity contribution in [3.63, 3.8) is 0 Å². The molecule has 4 nitrogen and oxygen atoms in total. The van der Waals surface area contributed by atoms with Crippen LogP contribution in [0.3, 0.4) is 0 Å². The van der Waals surface area contributed by atoms with E-state index in [1.165, 1.54) is 12.8 Å². The Labute approximate surface area is 113 Å². The average Bonchev–Trinajstić information content (AvgIpc) is 2.97. The summed E-state index contributed by atoms with van der Waals surface area (Å²) < 4.78 is 10.3. The van der Waals surface area contributed by atoms with Gasteiger partial charge in [-0.05, 0) is 51.4 Å². The molecule has 0 spiro atoms. The van der Waals surface area contributed by atoms with Crippen LogP contribution < -0.4 is 0 Å². The molecule has 2 bridgehead atoms. The molecule has 0 amide bonds. The van der Waals surface area contributed by atoms with Crippen LogP contribution in [0, 0.1) is 11.8 Å². The molecule has 2 aliphatic carbocycles. The predicted octanol–water partition coefficient (Wildman–Crippen LogP) is 2.74. The van der Waals surface area contributed by atoms with Gasteiger partial charge < -0.3 is 9.47 Å². The van der Waals surface area contributed by atoms with Crippen LogP contribution in [0.25, 0.3) is 0 Å². The van der Waals surface area contributed by atoms with Crippen LogP contribution in [0.5, 0.6) is 0 Å². The van der Waals surface area contributed by atoms with Crippen LogP contribution in [-0.4, -0.2) is 18.0 Å². The van der Waals surface area contributed by atoms with Crippen molar-refractivity contribution in [2.24, 2.45) is 11.8 Å². The topological polar surface area (TPSA) is 52.6 Å². The van der Waals surface area contributed by atoms with E-state index < -0.39 is 11.9 Å². The molecule has 3 unspecified atom stereocenters. The van der Waals surface area contributed by atoms with Gasteiger partial charge in [-0.1, -0.05) is 6.58 Å². The fourth-order valence-electron chi connectivity index (χ4n) is 2.85. The smallest absolute Gasteiger partial charge is 0.337 e. The van der Waals surface area contributed by atoms with E-state index in [1.54, 1.807) is 13.8 Å². The van der Waals surface area contributed by atoms with E-state index in [0.717, 1.165) is 25.0 Å². The first kappa shape index (κ1) is 13.8. The monoisotopic (exact) mass is 264 g/mol. The minimum Gasteiger partial charge on any atom is -0.459 e. The molecule has 0 aromatic heterocycles. The van der Waals surface area contributed by atoms with Gasteiger partial charge in [0, 0.05) is 5.57 Å². The van der Waals surface area contributed by atoms with E-state index in [9.17, 15) is 9.59 Å². The van der Waals surface area contributed by atoms with Crippen molar-refractivity contribution in [3.05, 3.63) is 24.0 Å². The second-order valence-corrected chi connectivity index (χ2v) is 5.61. The summed E-state index contributed by atoms with van der Waals surface area (Å²) in [5.74, 6) is 0.326. The normalized spacial score (nSPS) is 29.2. The van der Waals surface area contributed by atoms with Crippen LogP contribution in [-0.2, 0) is 19.1 Å². The van der Waals surface area contributed by atoms with Gasteiger partial charge in [-0.25, -0.2) is 9.59 Å². The molecule has 2 saturated carbocycles. The summed E-state index contributed by atoms with van der Waals surface area (Å²) in [6.45, 7) is 6.61. The Morgan fingerprint density at radius 2 is 1.89 bits per heavy atom. The fraction of sp³-hybridized carbons (Fsp3) is 0.600. The number of carbonyl (C=O) groups excluding carboxylic acids is 2. The predicted molar refractivity (Wildman–Crippen MR) is 70.0 cm³/mol. The second-order valence-electron chi connectivity index (χ2n) is 5.61. The zero-order valence-electron chi connectivity index (χ0n) is 11.5. The number of esters is 2. The molecule has 4 heteroatoms. The lowest BCUT2D eigenvalue weighted by molar-refractivity contribution is -0.146. The standard InChI is InChI=1S/C15H20O4/c1-9(2)14(16)18-8-10(3)15(17)19-13-7-11-4-5-12(13)6-11/h8,11-13H,1,4-7H2,2-3H3. The van der Waals surface area contributed by atoms with Gasteiger partial charge in [0.05, 0.1) is 5.57 Å². The van der Waals surface area contributed by atoms with Crippen LogP contribution in [0.4, 0.5) is 0 Å². The maximum Gasteiger partial charge on any atom is 0.337 e. The van der Waals surface area contributed by atoms with Crippen LogP contribution in [0.15, 0.2) is 24.0 Å². The molecule has 2 rings (SSSR count). The van der Waals surface area contributed by atoms with Gasteiger partial charge in [0.25, 0.3) is 0 Å². The maximum atomic E-state index is 11.9. The molecule has 0 N–H and O–H groups in total. The highest BCUT2D eigenvalue weighted by atomic mass is 16.6. The van der Waals surface area contributed by atoms with E-state index in [4.69, 9.17) is 9.47 Å². The molecule has 0 saturated heterocycles. The van der Waals surface area contributed by atoms with Gasteiger partial charge >= 0.3 is 11.9 Å². The van der Waals surface area contributed by atoms with Gasteiger partial charge in [0.1, 0.15) is 12.4 Å². The minimum absolute atomic E-state index is 0.0476. The first-order valence-electron chi connectivity index (χ1n) is 6.71. The second kappa shape index (κ2) is 5.59. The first-order chi connectivity index (χ1) is 8.97. The van der Waals surface area contributed by atoms with E-state index in [2.05, 4.69) is 6.58 Å². The lowest BCUT2D eigenvalue weighted by atomic mass is 9.98. The molecule has 2 fully saturated rings. The molecule has 3 atom stereocenters. The summed E-state index contributed by atoms with van der Waals surface area (Å²) in [4.78, 5) is 23.1. The summed E-state index contributed by atoms with van der Waals surface area (Å²) in [6, 6.07) is 0. The fourth-order valence-corrected chi connectivity index (χ4v) is 2.85. The third-order valence-corrected chi connectivity index (χ3v) is 3.94. The molecule has 0 radical (unpaired) electrons. The van der Waals surface area contributed by atoms with Gasteiger partial charge in [0.15, 0.2) is 0 Å². The van der Waals surface area contributed by atoms with Gasteiger partial charge in [-0.15, -0.1) is 0 Å². The van der Waals surface area contributed by atoms with Crippen LogP contribution in [0.1, 0.15) is 39.5 Å². The van der Waals surface area contributed by atoms with E-state index in [-0.39, 0.29) is 6.10 Å². The van der Waals surface area contributed by atoms with Crippen molar-refractivity contribution in [3.8, 4) is 0 Å². The van der Waals surface area contributed by atoms with Crippen molar-refractivity contribution < 1.29 is 19.1 Å². The van der Waals surface area contributed by atoms with Crippen molar-refractivity contribution in [1.29, 1.82) is 0 Å². The number of hydrogen-bond acceptors (Lipinski definition) is 4. The highest BCUT2D eigenvalue weighted by Gasteiger charge is 2.41. The Hall–Kier alpha value is -1.58. The highest BCUT2D eigenvalue weighted by Crippen LogP contribution is 2.45. The maximum absolute atomic E-state index is 11.9. The molecule has 0 heterocycles.